The van der Waals surface area contributed by atoms with Crippen LogP contribution in [0.2, 0.25) is 0 Å². The molecule has 0 saturated carbocycles. The number of likely N-dealkylation sites (N-methyl/N-ethyl adjacent to an activating group) is 1. The first kappa shape index (κ1) is 17.3. The van der Waals surface area contributed by atoms with E-state index in [4.69, 9.17) is 0 Å². The molecule has 0 aliphatic rings. The predicted octanol–water partition coefficient (Wildman–Crippen LogP) is 0.201. The second kappa shape index (κ2) is 9.29. The van der Waals surface area contributed by atoms with Gasteiger partial charge in [0.25, 0.3) is 0 Å². The molecule has 0 unspecified atom stereocenters. The highest BCUT2D eigenvalue weighted by Gasteiger charge is 2.11. The predicted molar refractivity (Wildman–Crippen MR) is 70.8 cm³/mol. The number of hydrogen-bond acceptors (Lipinski definition) is 5. The third kappa shape index (κ3) is 8.43. The third-order valence-electron chi connectivity index (χ3n) is 2.67. The molecule has 0 rings (SSSR count). The van der Waals surface area contributed by atoms with Gasteiger partial charge in [0.1, 0.15) is 0 Å². The minimum absolute atomic E-state index is 0.0413. The molecular formula is C11H24N2O4S. The molecule has 0 bridgehead atoms. The van der Waals surface area contributed by atoms with Crippen molar-refractivity contribution in [3.05, 3.63) is 0 Å². The highest BCUT2D eigenvalue weighted by atomic mass is 32.2. The highest BCUT2D eigenvalue weighted by molar-refractivity contribution is 7.89. The van der Waals surface area contributed by atoms with Crippen LogP contribution in [-0.4, -0.2) is 58.3 Å². The fourth-order valence-electron chi connectivity index (χ4n) is 1.48. The monoisotopic (exact) mass is 280 g/mol. The van der Waals surface area contributed by atoms with Crippen molar-refractivity contribution in [2.45, 2.75) is 26.7 Å². The van der Waals surface area contributed by atoms with Crippen LogP contribution in [0.25, 0.3) is 0 Å². The van der Waals surface area contributed by atoms with Crippen LogP contribution in [0.15, 0.2) is 0 Å². The number of sulfonamides is 1. The summed E-state index contributed by atoms with van der Waals surface area (Å²) in [6, 6.07) is 0. The molecule has 0 atom stereocenters. The van der Waals surface area contributed by atoms with E-state index in [1.165, 1.54) is 7.11 Å². The lowest BCUT2D eigenvalue weighted by Gasteiger charge is -2.17. The van der Waals surface area contributed by atoms with Crippen LogP contribution in [0.5, 0.6) is 0 Å². The second-order valence-electron chi connectivity index (χ2n) is 3.92. The average Bonchev–Trinajstić information content (AvgIpc) is 2.34. The number of nitrogens with zero attached hydrogens (tertiary/aromatic N) is 1. The Hall–Kier alpha value is -0.660. The van der Waals surface area contributed by atoms with Crippen LogP contribution in [0.4, 0.5) is 0 Å². The van der Waals surface area contributed by atoms with Crippen LogP contribution in [0.1, 0.15) is 26.7 Å². The summed E-state index contributed by atoms with van der Waals surface area (Å²) in [4.78, 5) is 13.0. The number of esters is 1. The van der Waals surface area contributed by atoms with Crippen LogP contribution in [0, 0.1) is 0 Å². The van der Waals surface area contributed by atoms with Crippen molar-refractivity contribution in [3.8, 4) is 0 Å². The van der Waals surface area contributed by atoms with Gasteiger partial charge in [0.05, 0.1) is 12.9 Å². The molecule has 1 N–H and O–H groups in total. The Morgan fingerprint density at radius 1 is 1.28 bits per heavy atom. The van der Waals surface area contributed by atoms with Gasteiger partial charge in [-0.15, -0.1) is 0 Å². The maximum atomic E-state index is 11.6. The van der Waals surface area contributed by atoms with Crippen molar-refractivity contribution in [2.24, 2.45) is 0 Å². The number of rotatable bonds is 10. The maximum absolute atomic E-state index is 11.6. The molecule has 18 heavy (non-hydrogen) atoms. The van der Waals surface area contributed by atoms with Crippen molar-refractivity contribution < 1.29 is 17.9 Å². The lowest BCUT2D eigenvalue weighted by Crippen LogP contribution is -2.35. The van der Waals surface area contributed by atoms with Crippen LogP contribution >= 0.6 is 0 Å². The van der Waals surface area contributed by atoms with Crippen molar-refractivity contribution in [1.82, 2.24) is 9.62 Å². The third-order valence-corrected chi connectivity index (χ3v) is 4.14. The summed E-state index contributed by atoms with van der Waals surface area (Å²) >= 11 is 0. The van der Waals surface area contributed by atoms with Gasteiger partial charge >= 0.3 is 5.97 Å². The lowest BCUT2D eigenvalue weighted by molar-refractivity contribution is -0.140. The van der Waals surface area contributed by atoms with E-state index in [0.717, 1.165) is 13.1 Å². The first-order valence-corrected chi connectivity index (χ1v) is 7.86. The normalized spacial score (nSPS) is 11.8. The smallest absolute Gasteiger partial charge is 0.305 e. The largest absolute Gasteiger partial charge is 0.469 e. The van der Waals surface area contributed by atoms with Crippen molar-refractivity contribution in [3.63, 3.8) is 0 Å². The zero-order valence-electron chi connectivity index (χ0n) is 11.4. The standard InChI is InChI=1S/C11H24N2O4S/c1-4-13(5-2)9-8-12-18(15,16)10-6-7-11(14)17-3/h12H,4-10H2,1-3H3. The summed E-state index contributed by atoms with van der Waals surface area (Å²) in [5.41, 5.74) is 0. The average molecular weight is 280 g/mol. The number of carbonyl (C=O) groups is 1. The highest BCUT2D eigenvalue weighted by Crippen LogP contribution is 1.96. The van der Waals surface area contributed by atoms with Crippen molar-refractivity contribution in [2.75, 3.05) is 39.0 Å². The fourth-order valence-corrected chi connectivity index (χ4v) is 2.55. The number of nitrogens with one attached hydrogen (secondary N) is 1. The summed E-state index contributed by atoms with van der Waals surface area (Å²) in [5, 5.41) is 0. The second-order valence-corrected chi connectivity index (χ2v) is 5.85. The van der Waals surface area contributed by atoms with E-state index >= 15 is 0 Å². The van der Waals surface area contributed by atoms with E-state index in [-0.39, 0.29) is 24.6 Å². The Balaban J connectivity index is 3.83. The molecule has 0 aliphatic heterocycles. The Morgan fingerprint density at radius 2 is 1.89 bits per heavy atom. The van der Waals surface area contributed by atoms with Crippen LogP contribution < -0.4 is 4.72 Å². The molecule has 0 fully saturated rings. The zero-order chi connectivity index (χ0) is 14.0. The van der Waals surface area contributed by atoms with Gasteiger partial charge in [0, 0.05) is 19.5 Å². The molecule has 7 heteroatoms. The molecule has 6 nitrogen and oxygen atoms in total. The first-order chi connectivity index (χ1) is 8.45. The van der Waals surface area contributed by atoms with Gasteiger partial charge < -0.3 is 9.64 Å². The van der Waals surface area contributed by atoms with Crippen molar-refractivity contribution >= 4 is 16.0 Å². The van der Waals surface area contributed by atoms with Crippen LogP contribution in [-0.2, 0) is 19.6 Å². The molecular weight excluding hydrogens is 256 g/mol. The van der Waals surface area contributed by atoms with Gasteiger partial charge in [-0.1, -0.05) is 13.8 Å². The summed E-state index contributed by atoms with van der Waals surface area (Å²) in [7, 11) is -1.99. The van der Waals surface area contributed by atoms with Crippen LogP contribution in [0.3, 0.4) is 0 Å². The molecule has 0 radical (unpaired) electrons. The number of hydrogen-bond donors (Lipinski definition) is 1. The molecule has 0 saturated heterocycles. The number of carbonyl (C=O) groups excluding carboxylic acids is 1. The molecule has 0 aromatic rings. The molecule has 0 amide bonds. The Labute approximate surface area is 110 Å². The topological polar surface area (TPSA) is 75.7 Å². The van der Waals surface area contributed by atoms with Gasteiger partial charge in [0.15, 0.2) is 0 Å². The molecule has 0 aromatic heterocycles. The maximum Gasteiger partial charge on any atom is 0.305 e. The first-order valence-electron chi connectivity index (χ1n) is 6.21. The van der Waals surface area contributed by atoms with Gasteiger partial charge in [-0.25, -0.2) is 13.1 Å². The summed E-state index contributed by atoms with van der Waals surface area (Å²) < 4.78 is 30.1. The minimum Gasteiger partial charge on any atom is -0.469 e. The number of methoxy groups -OCH3 is 1. The molecule has 0 heterocycles. The molecule has 0 aromatic carbocycles. The fraction of sp³-hybridized carbons (Fsp3) is 0.909. The van der Waals surface area contributed by atoms with E-state index in [1.54, 1.807) is 0 Å². The SMILES string of the molecule is CCN(CC)CCNS(=O)(=O)CCCC(=O)OC. The molecule has 0 aliphatic carbocycles. The van der Waals surface area contributed by atoms with Gasteiger partial charge in [-0.05, 0) is 19.5 Å². The summed E-state index contributed by atoms with van der Waals surface area (Å²) in [6.45, 7) is 6.98. The quantitative estimate of drug-likeness (QED) is 0.579. The minimum atomic E-state index is -3.28. The molecule has 0 spiro atoms. The van der Waals surface area contributed by atoms with Gasteiger partial charge in [-0.3, -0.25) is 4.79 Å². The van der Waals surface area contributed by atoms with E-state index in [1.807, 2.05) is 13.8 Å². The summed E-state index contributed by atoms with van der Waals surface area (Å²) in [5.74, 6) is -0.422. The van der Waals surface area contributed by atoms with E-state index in [9.17, 15) is 13.2 Å². The Morgan fingerprint density at radius 3 is 2.39 bits per heavy atom. The zero-order valence-corrected chi connectivity index (χ0v) is 12.3. The molecule has 108 valence electrons. The summed E-state index contributed by atoms with van der Waals surface area (Å²) in [6.07, 6.45) is 0.417. The van der Waals surface area contributed by atoms with Gasteiger partial charge in [0.2, 0.25) is 10.0 Å². The van der Waals surface area contributed by atoms with Crippen molar-refractivity contribution in [1.29, 1.82) is 0 Å². The number of ether oxygens (including phenoxy) is 1. The van der Waals surface area contributed by atoms with E-state index in [2.05, 4.69) is 14.4 Å². The lowest BCUT2D eigenvalue weighted by atomic mass is 10.3. The van der Waals surface area contributed by atoms with E-state index < -0.39 is 10.0 Å². The Bertz CT molecular complexity index is 326. The van der Waals surface area contributed by atoms with E-state index in [0.29, 0.717) is 13.1 Å². The van der Waals surface area contributed by atoms with Gasteiger partial charge in [-0.2, -0.15) is 0 Å². The Kier molecular flexibility index (Phi) is 8.95.